The Hall–Kier alpha value is -3.25. The fraction of sp³-hybridized carbons (Fsp3) is 0.182. The summed E-state index contributed by atoms with van der Waals surface area (Å²) in [5.41, 5.74) is 2.30. The Bertz CT molecular complexity index is 1030. The molecule has 0 bridgehead atoms. The number of hydrogen-bond acceptors (Lipinski definition) is 4. The van der Waals surface area contributed by atoms with Crippen molar-refractivity contribution in [1.82, 2.24) is 0 Å². The molecule has 2 amide bonds. The first kappa shape index (κ1) is 19.1. The topological polar surface area (TPSA) is 63.0 Å². The monoisotopic (exact) mass is 410 g/mol. The van der Waals surface area contributed by atoms with Gasteiger partial charge in [0.05, 0.1) is 18.5 Å². The third-order valence-electron chi connectivity index (χ3n) is 4.70. The van der Waals surface area contributed by atoms with Gasteiger partial charge in [0.25, 0.3) is 5.91 Å². The fourth-order valence-electron chi connectivity index (χ4n) is 3.18. The molecular formula is C22H19ClN2O4. The molecular weight excluding hydrogens is 392 g/mol. The number of hydrogen-bond donors (Lipinski definition) is 0. The number of nitrogens with zero attached hydrogens (tertiary/aromatic N) is 2. The van der Waals surface area contributed by atoms with E-state index in [1.165, 1.54) is 4.90 Å². The number of carbonyl (C=O) groups excluding carboxylic acids is 2. The van der Waals surface area contributed by atoms with Crippen LogP contribution in [0.5, 0.6) is 5.75 Å². The summed E-state index contributed by atoms with van der Waals surface area (Å²) >= 11 is 6.09. The summed E-state index contributed by atoms with van der Waals surface area (Å²) in [7, 11) is 0. The van der Waals surface area contributed by atoms with Gasteiger partial charge in [0.15, 0.2) is 6.61 Å². The molecule has 6 nitrogen and oxygen atoms in total. The summed E-state index contributed by atoms with van der Waals surface area (Å²) in [4.78, 5) is 28.8. The second-order valence-corrected chi connectivity index (χ2v) is 7.21. The Morgan fingerprint density at radius 2 is 1.97 bits per heavy atom. The van der Waals surface area contributed by atoms with E-state index in [0.29, 0.717) is 22.2 Å². The van der Waals surface area contributed by atoms with E-state index in [1.54, 1.807) is 35.4 Å². The van der Waals surface area contributed by atoms with Crippen molar-refractivity contribution in [3.63, 3.8) is 0 Å². The second kappa shape index (κ2) is 8.01. The van der Waals surface area contributed by atoms with Gasteiger partial charge in [-0.05, 0) is 49.4 Å². The quantitative estimate of drug-likeness (QED) is 0.632. The number of rotatable bonds is 5. The Morgan fingerprint density at radius 3 is 2.69 bits per heavy atom. The largest absolute Gasteiger partial charge is 0.482 e. The normalized spacial score (nSPS) is 13.0. The van der Waals surface area contributed by atoms with Crippen molar-refractivity contribution in [1.29, 1.82) is 0 Å². The molecule has 0 N–H and O–H groups in total. The molecule has 2 aromatic carbocycles. The van der Waals surface area contributed by atoms with Gasteiger partial charge in [-0.15, -0.1) is 0 Å². The van der Waals surface area contributed by atoms with Gasteiger partial charge in [-0.1, -0.05) is 29.3 Å². The molecule has 0 aliphatic carbocycles. The summed E-state index contributed by atoms with van der Waals surface area (Å²) in [6.07, 6.45) is 1.57. The minimum Gasteiger partial charge on any atom is -0.482 e. The average Bonchev–Trinajstić information content (AvgIpc) is 3.22. The van der Waals surface area contributed by atoms with Crippen molar-refractivity contribution < 1.29 is 18.7 Å². The maximum Gasteiger partial charge on any atom is 0.265 e. The molecule has 0 unspecified atom stereocenters. The minimum atomic E-state index is -0.296. The van der Waals surface area contributed by atoms with Crippen LogP contribution in [0.15, 0.2) is 65.3 Å². The molecule has 0 spiro atoms. The number of fused-ring (bicyclic) bond motifs is 1. The predicted octanol–water partition coefficient (Wildman–Crippen LogP) is 4.20. The predicted molar refractivity (Wildman–Crippen MR) is 110 cm³/mol. The third-order valence-corrected chi connectivity index (χ3v) is 4.93. The number of aryl methyl sites for hydroxylation is 1. The Balaban J connectivity index is 1.63. The fourth-order valence-corrected chi connectivity index (χ4v) is 3.34. The summed E-state index contributed by atoms with van der Waals surface area (Å²) in [6.45, 7) is 1.99. The van der Waals surface area contributed by atoms with Crippen molar-refractivity contribution in [3.05, 3.63) is 77.2 Å². The number of amides is 2. The standard InChI is InChI=1S/C22H19ClN2O4/c1-15-4-7-17(8-5-15)24(12-18-3-2-10-28-18)21(26)13-25-19-11-16(23)6-9-20(19)29-14-22(25)27/h2-11H,12-14H2,1H3. The molecule has 29 heavy (non-hydrogen) atoms. The molecule has 2 heterocycles. The van der Waals surface area contributed by atoms with Gasteiger partial charge >= 0.3 is 0 Å². The van der Waals surface area contributed by atoms with E-state index >= 15 is 0 Å². The maximum atomic E-state index is 13.3. The van der Waals surface area contributed by atoms with Crippen molar-refractivity contribution >= 4 is 34.8 Å². The minimum absolute atomic E-state index is 0.120. The lowest BCUT2D eigenvalue weighted by molar-refractivity contribution is -0.124. The van der Waals surface area contributed by atoms with Crippen LogP contribution in [0.3, 0.4) is 0 Å². The Labute approximate surface area is 173 Å². The van der Waals surface area contributed by atoms with Crippen LogP contribution < -0.4 is 14.5 Å². The van der Waals surface area contributed by atoms with Crippen LogP contribution in [-0.4, -0.2) is 25.0 Å². The summed E-state index contributed by atoms with van der Waals surface area (Å²) < 4.78 is 10.9. The zero-order valence-electron chi connectivity index (χ0n) is 15.8. The van der Waals surface area contributed by atoms with Crippen molar-refractivity contribution in [2.75, 3.05) is 23.0 Å². The smallest absolute Gasteiger partial charge is 0.265 e. The van der Waals surface area contributed by atoms with Crippen LogP contribution in [-0.2, 0) is 16.1 Å². The van der Waals surface area contributed by atoms with Gasteiger partial charge in [-0.3, -0.25) is 14.5 Å². The lowest BCUT2D eigenvalue weighted by atomic mass is 10.2. The van der Waals surface area contributed by atoms with E-state index in [2.05, 4.69) is 0 Å². The van der Waals surface area contributed by atoms with Crippen LogP contribution in [0.25, 0.3) is 0 Å². The van der Waals surface area contributed by atoms with E-state index < -0.39 is 0 Å². The summed E-state index contributed by atoms with van der Waals surface area (Å²) in [5, 5.41) is 0.463. The lowest BCUT2D eigenvalue weighted by Gasteiger charge is -2.31. The molecule has 7 heteroatoms. The van der Waals surface area contributed by atoms with E-state index in [4.69, 9.17) is 20.8 Å². The van der Waals surface area contributed by atoms with Crippen molar-refractivity contribution in [2.24, 2.45) is 0 Å². The number of benzene rings is 2. The third kappa shape index (κ3) is 4.12. The molecule has 0 saturated heterocycles. The van der Waals surface area contributed by atoms with Gasteiger partial charge in [-0.2, -0.15) is 0 Å². The van der Waals surface area contributed by atoms with Gasteiger partial charge < -0.3 is 14.1 Å². The van der Waals surface area contributed by atoms with Crippen molar-refractivity contribution in [2.45, 2.75) is 13.5 Å². The lowest BCUT2D eigenvalue weighted by Crippen LogP contribution is -2.46. The zero-order valence-corrected chi connectivity index (χ0v) is 16.6. The Morgan fingerprint density at radius 1 is 1.17 bits per heavy atom. The van der Waals surface area contributed by atoms with Crippen LogP contribution >= 0.6 is 11.6 Å². The van der Waals surface area contributed by atoms with Crippen molar-refractivity contribution in [3.8, 4) is 5.75 Å². The maximum absolute atomic E-state index is 13.3. The number of anilines is 2. The van der Waals surface area contributed by atoms with Gasteiger partial charge in [0, 0.05) is 10.7 Å². The number of ether oxygens (including phenoxy) is 1. The highest BCUT2D eigenvalue weighted by Gasteiger charge is 2.30. The number of carbonyl (C=O) groups is 2. The van der Waals surface area contributed by atoms with Crippen LogP contribution in [0.4, 0.5) is 11.4 Å². The molecule has 0 atom stereocenters. The SMILES string of the molecule is Cc1ccc(N(Cc2ccco2)C(=O)CN2C(=O)COc3ccc(Cl)cc32)cc1. The molecule has 4 rings (SSSR count). The van der Waals surface area contributed by atoms with E-state index in [0.717, 1.165) is 11.3 Å². The van der Waals surface area contributed by atoms with Crippen LogP contribution in [0.1, 0.15) is 11.3 Å². The number of halogens is 1. The van der Waals surface area contributed by atoms with Crippen LogP contribution in [0, 0.1) is 6.92 Å². The van der Waals surface area contributed by atoms with Gasteiger partial charge in [0.2, 0.25) is 5.91 Å². The average molecular weight is 411 g/mol. The molecule has 0 radical (unpaired) electrons. The molecule has 0 saturated carbocycles. The molecule has 1 aliphatic heterocycles. The van der Waals surface area contributed by atoms with Gasteiger partial charge in [-0.25, -0.2) is 0 Å². The van der Waals surface area contributed by atoms with E-state index in [9.17, 15) is 9.59 Å². The first-order valence-electron chi connectivity index (χ1n) is 9.13. The first-order chi connectivity index (χ1) is 14.0. The number of furan rings is 1. The highest BCUT2D eigenvalue weighted by Crippen LogP contribution is 2.34. The second-order valence-electron chi connectivity index (χ2n) is 6.78. The highest BCUT2D eigenvalue weighted by atomic mass is 35.5. The highest BCUT2D eigenvalue weighted by molar-refractivity contribution is 6.31. The van der Waals surface area contributed by atoms with E-state index in [-0.39, 0.29) is 31.5 Å². The first-order valence-corrected chi connectivity index (χ1v) is 9.51. The molecule has 0 fully saturated rings. The van der Waals surface area contributed by atoms with Crippen LogP contribution in [0.2, 0.25) is 5.02 Å². The molecule has 1 aromatic heterocycles. The summed E-state index contributed by atoms with van der Waals surface area (Å²) in [6, 6.07) is 16.2. The van der Waals surface area contributed by atoms with Gasteiger partial charge in [0.1, 0.15) is 18.1 Å². The summed E-state index contributed by atoms with van der Waals surface area (Å²) in [5.74, 6) is 0.631. The zero-order chi connectivity index (χ0) is 20.4. The van der Waals surface area contributed by atoms with E-state index in [1.807, 2.05) is 37.3 Å². The molecule has 148 valence electrons. The Kier molecular flexibility index (Phi) is 5.27. The molecule has 3 aromatic rings. The molecule has 1 aliphatic rings.